The largest absolute Gasteiger partial charge is 0.409 e. The van der Waals surface area contributed by atoms with Crippen LogP contribution < -0.4 is 0 Å². The maximum atomic E-state index is 12.4. The van der Waals surface area contributed by atoms with Crippen molar-refractivity contribution in [1.29, 1.82) is 0 Å². The molecule has 7 heteroatoms. The summed E-state index contributed by atoms with van der Waals surface area (Å²) in [7, 11) is 0.905. The summed E-state index contributed by atoms with van der Waals surface area (Å²) in [6.45, 7) is 0. The van der Waals surface area contributed by atoms with Crippen LogP contribution in [0.25, 0.3) is 0 Å². The minimum Gasteiger partial charge on any atom is -0.285 e. The molecule has 0 aliphatic carbocycles. The highest BCUT2D eigenvalue weighted by Gasteiger charge is 2.35. The second-order valence-electron chi connectivity index (χ2n) is 2.32. The van der Waals surface area contributed by atoms with E-state index in [1.807, 2.05) is 0 Å². The third-order valence-electron chi connectivity index (χ3n) is 1.43. The summed E-state index contributed by atoms with van der Waals surface area (Å²) < 4.78 is 24.8. The molecule has 0 aliphatic heterocycles. The Hall–Kier alpha value is -1.17. The average molecular weight is 210 g/mol. The summed E-state index contributed by atoms with van der Waals surface area (Å²) in [6, 6.07) is 0. The Bertz CT molecular complexity index is 295. The Morgan fingerprint density at radius 2 is 2.38 bits per heavy atom. The van der Waals surface area contributed by atoms with Gasteiger partial charge in [-0.05, 0) is 11.6 Å². The smallest absolute Gasteiger partial charge is 0.285 e. The Morgan fingerprint density at radius 3 is 2.77 bits per heavy atom. The summed E-state index contributed by atoms with van der Waals surface area (Å²) in [5.41, 5.74) is -3.66. The SMILES string of the molecule is CN(C(=O)c1cn[nH]c1)C(F)(F)Cl. The first-order chi connectivity index (χ1) is 5.93. The Labute approximate surface area is 77.5 Å². The lowest BCUT2D eigenvalue weighted by Crippen LogP contribution is -2.38. The van der Waals surface area contributed by atoms with Crippen LogP contribution in [-0.2, 0) is 0 Å². The van der Waals surface area contributed by atoms with Gasteiger partial charge in [0.05, 0.1) is 11.8 Å². The van der Waals surface area contributed by atoms with Crippen molar-refractivity contribution in [2.45, 2.75) is 5.51 Å². The van der Waals surface area contributed by atoms with Crippen LogP contribution in [0, 0.1) is 0 Å². The van der Waals surface area contributed by atoms with Crippen LogP contribution in [0.2, 0.25) is 0 Å². The molecule has 1 rings (SSSR count). The fourth-order valence-electron chi connectivity index (χ4n) is 0.677. The van der Waals surface area contributed by atoms with Crippen molar-refractivity contribution >= 4 is 17.5 Å². The number of H-pyrrole nitrogens is 1. The molecule has 72 valence electrons. The van der Waals surface area contributed by atoms with Gasteiger partial charge in [0.15, 0.2) is 0 Å². The molecule has 0 saturated heterocycles. The van der Waals surface area contributed by atoms with Crippen molar-refractivity contribution in [2.24, 2.45) is 0 Å². The zero-order chi connectivity index (χ0) is 10.1. The van der Waals surface area contributed by atoms with E-state index in [0.717, 1.165) is 13.2 Å². The second kappa shape index (κ2) is 3.29. The van der Waals surface area contributed by atoms with E-state index in [9.17, 15) is 13.6 Å². The first kappa shape index (κ1) is 9.91. The third kappa shape index (κ3) is 2.15. The first-order valence-corrected chi connectivity index (χ1v) is 3.64. The van der Waals surface area contributed by atoms with Crippen molar-refractivity contribution in [1.82, 2.24) is 15.1 Å². The van der Waals surface area contributed by atoms with Gasteiger partial charge in [0.1, 0.15) is 0 Å². The van der Waals surface area contributed by atoms with Crippen LogP contribution in [0.5, 0.6) is 0 Å². The van der Waals surface area contributed by atoms with Gasteiger partial charge in [-0.15, -0.1) is 0 Å². The van der Waals surface area contributed by atoms with E-state index in [-0.39, 0.29) is 10.5 Å². The van der Waals surface area contributed by atoms with Gasteiger partial charge in [0, 0.05) is 13.2 Å². The zero-order valence-corrected chi connectivity index (χ0v) is 7.35. The molecule has 0 atom stereocenters. The quantitative estimate of drug-likeness (QED) is 0.589. The van der Waals surface area contributed by atoms with E-state index in [1.54, 1.807) is 0 Å². The minimum atomic E-state index is -3.69. The van der Waals surface area contributed by atoms with Crippen LogP contribution in [0.4, 0.5) is 8.78 Å². The predicted octanol–water partition coefficient (Wildman–Crippen LogP) is 1.27. The minimum absolute atomic E-state index is 0.0304. The molecular weight excluding hydrogens is 204 g/mol. The highest BCUT2D eigenvalue weighted by Crippen LogP contribution is 2.24. The lowest BCUT2D eigenvalue weighted by Gasteiger charge is -2.20. The molecule has 0 aliphatic rings. The van der Waals surface area contributed by atoms with Crippen molar-refractivity contribution < 1.29 is 13.6 Å². The number of amides is 1. The molecule has 1 amide bonds. The summed E-state index contributed by atoms with van der Waals surface area (Å²) >= 11 is 4.64. The van der Waals surface area contributed by atoms with Crippen LogP contribution in [-0.4, -0.2) is 33.6 Å². The molecule has 0 bridgehead atoms. The van der Waals surface area contributed by atoms with E-state index in [4.69, 9.17) is 0 Å². The van der Waals surface area contributed by atoms with Crippen LogP contribution in [0.1, 0.15) is 10.4 Å². The number of rotatable bonds is 2. The van der Waals surface area contributed by atoms with Crippen LogP contribution >= 0.6 is 11.6 Å². The normalized spacial score (nSPS) is 11.4. The standard InChI is InChI=1S/C6H6ClF2N3O/c1-12(6(7,8)9)5(13)4-2-10-11-3-4/h2-3H,1H3,(H,10,11). The number of aromatic amines is 1. The molecule has 1 N–H and O–H groups in total. The Kier molecular flexibility index (Phi) is 2.51. The zero-order valence-electron chi connectivity index (χ0n) is 6.59. The van der Waals surface area contributed by atoms with Gasteiger partial charge in [0.25, 0.3) is 5.91 Å². The summed E-state index contributed by atoms with van der Waals surface area (Å²) in [5, 5.41) is 5.78. The summed E-state index contributed by atoms with van der Waals surface area (Å²) in [4.78, 5) is 11.3. The van der Waals surface area contributed by atoms with Gasteiger partial charge >= 0.3 is 5.51 Å². The van der Waals surface area contributed by atoms with Gasteiger partial charge in [-0.1, -0.05) is 0 Å². The molecule has 0 unspecified atom stereocenters. The number of carbonyl (C=O) groups is 1. The van der Waals surface area contributed by atoms with Crippen molar-refractivity contribution in [3.05, 3.63) is 18.0 Å². The van der Waals surface area contributed by atoms with Gasteiger partial charge in [-0.25, -0.2) is 0 Å². The maximum Gasteiger partial charge on any atom is 0.409 e. The monoisotopic (exact) mass is 209 g/mol. The molecule has 0 fully saturated rings. The molecule has 0 aromatic carbocycles. The molecule has 13 heavy (non-hydrogen) atoms. The molecule has 0 spiro atoms. The Morgan fingerprint density at radius 1 is 1.77 bits per heavy atom. The number of hydrogen-bond acceptors (Lipinski definition) is 2. The molecule has 1 aromatic heterocycles. The lowest BCUT2D eigenvalue weighted by atomic mass is 10.3. The van der Waals surface area contributed by atoms with Crippen molar-refractivity contribution in [2.75, 3.05) is 7.05 Å². The predicted molar refractivity (Wildman–Crippen MR) is 41.5 cm³/mol. The van der Waals surface area contributed by atoms with Crippen LogP contribution in [0.15, 0.2) is 12.4 Å². The number of carbonyl (C=O) groups excluding carboxylic acids is 1. The summed E-state index contributed by atoms with van der Waals surface area (Å²) in [6.07, 6.45) is 2.35. The number of nitrogens with one attached hydrogen (secondary N) is 1. The topological polar surface area (TPSA) is 49.0 Å². The molecule has 4 nitrogen and oxygen atoms in total. The highest BCUT2D eigenvalue weighted by molar-refractivity contribution is 6.22. The van der Waals surface area contributed by atoms with Crippen molar-refractivity contribution in [3.63, 3.8) is 0 Å². The fraction of sp³-hybridized carbons (Fsp3) is 0.333. The first-order valence-electron chi connectivity index (χ1n) is 3.26. The van der Waals surface area contributed by atoms with E-state index in [1.165, 1.54) is 6.20 Å². The molecule has 0 radical (unpaired) electrons. The van der Waals surface area contributed by atoms with Gasteiger partial charge in [-0.2, -0.15) is 13.9 Å². The summed E-state index contributed by atoms with van der Waals surface area (Å²) in [5.74, 6) is -0.895. The van der Waals surface area contributed by atoms with Gasteiger partial charge in [-0.3, -0.25) is 14.8 Å². The van der Waals surface area contributed by atoms with E-state index >= 15 is 0 Å². The van der Waals surface area contributed by atoms with Gasteiger partial charge in [0.2, 0.25) is 0 Å². The number of alkyl halides is 3. The van der Waals surface area contributed by atoms with E-state index in [0.29, 0.717) is 0 Å². The lowest BCUT2D eigenvalue weighted by molar-refractivity contribution is -0.0380. The highest BCUT2D eigenvalue weighted by atomic mass is 35.5. The fourth-order valence-corrected chi connectivity index (χ4v) is 0.753. The van der Waals surface area contributed by atoms with E-state index < -0.39 is 11.4 Å². The van der Waals surface area contributed by atoms with Gasteiger partial charge < -0.3 is 0 Å². The van der Waals surface area contributed by atoms with Crippen LogP contribution in [0.3, 0.4) is 0 Å². The number of hydrogen-bond donors (Lipinski definition) is 1. The molecule has 1 heterocycles. The van der Waals surface area contributed by atoms with Crippen molar-refractivity contribution in [3.8, 4) is 0 Å². The molecule has 1 aromatic rings. The molecule has 0 saturated carbocycles. The second-order valence-corrected chi connectivity index (χ2v) is 2.77. The molecular formula is C6H6ClF2N3O. The van der Waals surface area contributed by atoms with E-state index in [2.05, 4.69) is 21.8 Å². The average Bonchev–Trinajstić information content (AvgIpc) is 2.51. The maximum absolute atomic E-state index is 12.4. The number of nitrogens with zero attached hydrogens (tertiary/aromatic N) is 2. The number of halogens is 3. The third-order valence-corrected chi connectivity index (χ3v) is 1.68. The number of aromatic nitrogens is 2. The Balaban J connectivity index is 2.81.